The minimum atomic E-state index is 0.357. The Bertz CT molecular complexity index is 151. The summed E-state index contributed by atoms with van der Waals surface area (Å²) in [4.78, 5) is 4.28. The summed E-state index contributed by atoms with van der Waals surface area (Å²) in [5, 5.41) is 0. The van der Waals surface area contributed by atoms with Gasteiger partial charge in [0.15, 0.2) is 0 Å². The van der Waals surface area contributed by atoms with Crippen LogP contribution in [0.15, 0.2) is 16.8 Å². The van der Waals surface area contributed by atoms with E-state index in [0.717, 1.165) is 11.4 Å². The van der Waals surface area contributed by atoms with Crippen LogP contribution in [0.4, 0.5) is 0 Å². The van der Waals surface area contributed by atoms with E-state index in [-0.39, 0.29) is 0 Å². The average Bonchev–Trinajstić information content (AvgIpc) is 1.58. The molecule has 2 N–H and O–H groups in total. The molecule has 10 heavy (non-hydrogen) atoms. The van der Waals surface area contributed by atoms with E-state index >= 15 is 0 Å². The van der Waals surface area contributed by atoms with Gasteiger partial charge in [-0.2, -0.15) is 0 Å². The predicted molar refractivity (Wildman–Crippen MR) is 46.2 cm³/mol. The SMILES string of the molecule is CC(N)=CC(C)=NC(C)C. The maximum Gasteiger partial charge on any atom is 0.0446 e. The lowest BCUT2D eigenvalue weighted by Crippen LogP contribution is -1.99. The summed E-state index contributed by atoms with van der Waals surface area (Å²) in [5.74, 6) is 0. The van der Waals surface area contributed by atoms with Gasteiger partial charge in [-0.25, -0.2) is 0 Å². The van der Waals surface area contributed by atoms with Gasteiger partial charge in [-0.3, -0.25) is 4.99 Å². The highest BCUT2D eigenvalue weighted by molar-refractivity contribution is 5.93. The second-order valence-corrected chi connectivity index (χ2v) is 2.75. The highest BCUT2D eigenvalue weighted by Crippen LogP contribution is 1.91. The Kier molecular flexibility index (Phi) is 3.77. The molecule has 0 saturated carbocycles. The maximum absolute atomic E-state index is 5.45. The molecular weight excluding hydrogens is 124 g/mol. The second-order valence-electron chi connectivity index (χ2n) is 2.75. The van der Waals surface area contributed by atoms with E-state index in [1.807, 2.05) is 33.8 Å². The molecule has 0 aromatic carbocycles. The van der Waals surface area contributed by atoms with Gasteiger partial charge in [-0.1, -0.05) is 0 Å². The zero-order valence-electron chi connectivity index (χ0n) is 7.18. The first kappa shape index (κ1) is 9.21. The third-order valence-electron chi connectivity index (χ3n) is 0.898. The first-order valence-electron chi connectivity index (χ1n) is 3.50. The number of hydrogen-bond donors (Lipinski definition) is 1. The van der Waals surface area contributed by atoms with Crippen molar-refractivity contribution in [1.82, 2.24) is 0 Å². The fourth-order valence-corrected chi connectivity index (χ4v) is 0.774. The summed E-state index contributed by atoms with van der Waals surface area (Å²) >= 11 is 0. The molecule has 0 radical (unpaired) electrons. The Hall–Kier alpha value is -0.790. The molecule has 0 heterocycles. The van der Waals surface area contributed by atoms with Gasteiger partial charge in [0.25, 0.3) is 0 Å². The second kappa shape index (κ2) is 4.09. The zero-order chi connectivity index (χ0) is 8.15. The maximum atomic E-state index is 5.45. The van der Waals surface area contributed by atoms with Crippen molar-refractivity contribution < 1.29 is 0 Å². The summed E-state index contributed by atoms with van der Waals surface area (Å²) in [6.45, 7) is 7.90. The predicted octanol–water partition coefficient (Wildman–Crippen LogP) is 1.72. The zero-order valence-corrected chi connectivity index (χ0v) is 7.18. The van der Waals surface area contributed by atoms with E-state index in [4.69, 9.17) is 5.73 Å². The summed E-state index contributed by atoms with van der Waals surface area (Å²) in [6, 6.07) is 0.357. The van der Waals surface area contributed by atoms with Gasteiger partial charge in [0.05, 0.1) is 0 Å². The number of allylic oxidation sites excluding steroid dienone is 2. The Morgan fingerprint density at radius 2 is 1.90 bits per heavy atom. The first-order valence-corrected chi connectivity index (χ1v) is 3.50. The molecule has 0 saturated heterocycles. The van der Waals surface area contributed by atoms with Crippen LogP contribution in [0.2, 0.25) is 0 Å². The smallest absolute Gasteiger partial charge is 0.0446 e. The Morgan fingerprint density at radius 3 is 2.20 bits per heavy atom. The van der Waals surface area contributed by atoms with E-state index in [1.54, 1.807) is 0 Å². The van der Waals surface area contributed by atoms with Crippen molar-refractivity contribution in [2.45, 2.75) is 33.7 Å². The molecule has 2 heteroatoms. The normalized spacial score (nSPS) is 14.5. The quantitative estimate of drug-likeness (QED) is 0.583. The largest absolute Gasteiger partial charge is 0.402 e. The highest BCUT2D eigenvalue weighted by Gasteiger charge is 1.88. The van der Waals surface area contributed by atoms with E-state index in [9.17, 15) is 0 Å². The monoisotopic (exact) mass is 140 g/mol. The van der Waals surface area contributed by atoms with Gasteiger partial charge in [-0.05, 0) is 33.8 Å². The molecule has 2 nitrogen and oxygen atoms in total. The van der Waals surface area contributed by atoms with E-state index < -0.39 is 0 Å². The fourth-order valence-electron chi connectivity index (χ4n) is 0.774. The summed E-state index contributed by atoms with van der Waals surface area (Å²) in [7, 11) is 0. The number of hydrogen-bond acceptors (Lipinski definition) is 2. The number of nitrogens with two attached hydrogens (primary N) is 1. The van der Waals surface area contributed by atoms with Gasteiger partial charge >= 0.3 is 0 Å². The molecule has 0 unspecified atom stereocenters. The Balaban J connectivity index is 4.08. The van der Waals surface area contributed by atoms with Crippen LogP contribution in [0.3, 0.4) is 0 Å². The lowest BCUT2D eigenvalue weighted by atomic mass is 10.3. The van der Waals surface area contributed by atoms with Crippen LogP contribution in [0.1, 0.15) is 27.7 Å². The van der Waals surface area contributed by atoms with Crippen molar-refractivity contribution in [3.8, 4) is 0 Å². The topological polar surface area (TPSA) is 38.4 Å². The molecule has 58 valence electrons. The van der Waals surface area contributed by atoms with E-state index in [1.165, 1.54) is 0 Å². The molecule has 0 spiro atoms. The molecule has 0 aliphatic rings. The van der Waals surface area contributed by atoms with Crippen molar-refractivity contribution in [3.05, 3.63) is 11.8 Å². The molecule has 0 aliphatic heterocycles. The van der Waals surface area contributed by atoms with Crippen molar-refractivity contribution >= 4 is 5.71 Å². The molecular formula is C8H16N2. The minimum absolute atomic E-state index is 0.357. The fraction of sp³-hybridized carbons (Fsp3) is 0.625. The third-order valence-corrected chi connectivity index (χ3v) is 0.898. The molecule has 0 aliphatic carbocycles. The van der Waals surface area contributed by atoms with E-state index in [0.29, 0.717) is 6.04 Å². The number of aliphatic imine (C=N–C) groups is 1. The third kappa shape index (κ3) is 5.35. The lowest BCUT2D eigenvalue weighted by Gasteiger charge is -1.97. The Labute approximate surface area is 62.8 Å². The average molecular weight is 140 g/mol. The molecule has 0 amide bonds. The van der Waals surface area contributed by atoms with Crippen molar-refractivity contribution in [1.29, 1.82) is 0 Å². The van der Waals surface area contributed by atoms with E-state index in [2.05, 4.69) is 4.99 Å². The summed E-state index contributed by atoms with van der Waals surface area (Å²) in [6.07, 6.45) is 1.88. The van der Waals surface area contributed by atoms with Crippen LogP contribution in [0.25, 0.3) is 0 Å². The van der Waals surface area contributed by atoms with Gasteiger partial charge in [0.2, 0.25) is 0 Å². The molecule has 0 rings (SSSR count). The number of nitrogens with zero attached hydrogens (tertiary/aromatic N) is 1. The highest BCUT2D eigenvalue weighted by atomic mass is 14.8. The molecule has 0 aromatic heterocycles. The molecule has 0 atom stereocenters. The van der Waals surface area contributed by atoms with Gasteiger partial charge < -0.3 is 5.73 Å². The standard InChI is InChI=1S/C8H16N2/c1-6(2)10-8(4)5-7(3)9/h5-6H,9H2,1-4H3. The molecule has 0 bridgehead atoms. The molecule has 0 aromatic rings. The van der Waals surface area contributed by atoms with Crippen LogP contribution in [0.5, 0.6) is 0 Å². The lowest BCUT2D eigenvalue weighted by molar-refractivity contribution is 0.836. The van der Waals surface area contributed by atoms with Crippen molar-refractivity contribution in [2.24, 2.45) is 10.7 Å². The molecule has 0 fully saturated rings. The number of rotatable bonds is 2. The van der Waals surface area contributed by atoms with Gasteiger partial charge in [0, 0.05) is 17.5 Å². The van der Waals surface area contributed by atoms with Gasteiger partial charge in [0.1, 0.15) is 0 Å². The minimum Gasteiger partial charge on any atom is -0.402 e. The van der Waals surface area contributed by atoms with Crippen LogP contribution in [-0.2, 0) is 0 Å². The first-order chi connectivity index (χ1) is 4.52. The van der Waals surface area contributed by atoms with Gasteiger partial charge in [-0.15, -0.1) is 0 Å². The van der Waals surface area contributed by atoms with Crippen molar-refractivity contribution in [2.75, 3.05) is 0 Å². The van der Waals surface area contributed by atoms with Crippen LogP contribution in [0, 0.1) is 0 Å². The Morgan fingerprint density at radius 1 is 1.40 bits per heavy atom. The summed E-state index contributed by atoms with van der Waals surface area (Å²) in [5.41, 5.74) is 7.25. The van der Waals surface area contributed by atoms with Crippen LogP contribution < -0.4 is 5.73 Å². The summed E-state index contributed by atoms with van der Waals surface area (Å²) < 4.78 is 0. The van der Waals surface area contributed by atoms with Crippen molar-refractivity contribution in [3.63, 3.8) is 0 Å². The van der Waals surface area contributed by atoms with Crippen LogP contribution in [-0.4, -0.2) is 11.8 Å². The van der Waals surface area contributed by atoms with Crippen LogP contribution >= 0.6 is 0 Å².